The van der Waals surface area contributed by atoms with Crippen LogP contribution in [0.3, 0.4) is 0 Å². The summed E-state index contributed by atoms with van der Waals surface area (Å²) in [4.78, 5) is 9.00. The van der Waals surface area contributed by atoms with Gasteiger partial charge in [0, 0.05) is 16.5 Å². The van der Waals surface area contributed by atoms with Crippen molar-refractivity contribution in [3.05, 3.63) is 33.8 Å². The molecule has 0 aliphatic carbocycles. The first-order valence-electron chi connectivity index (χ1n) is 5.81. The van der Waals surface area contributed by atoms with Crippen LogP contribution in [0.25, 0.3) is 0 Å². The van der Waals surface area contributed by atoms with Crippen LogP contribution in [0.15, 0.2) is 11.7 Å². The molecule has 0 spiro atoms. The van der Waals surface area contributed by atoms with Gasteiger partial charge in [0.25, 0.3) is 0 Å². The number of aromatic nitrogens is 3. The summed E-state index contributed by atoms with van der Waals surface area (Å²) in [5.74, 6) is 0. The molecule has 0 fully saturated rings. The summed E-state index contributed by atoms with van der Waals surface area (Å²) in [7, 11) is 0. The first-order valence-corrected chi connectivity index (χ1v) is 6.69. The van der Waals surface area contributed by atoms with Gasteiger partial charge in [0.2, 0.25) is 0 Å². The van der Waals surface area contributed by atoms with E-state index in [1.807, 2.05) is 13.3 Å². The zero-order valence-corrected chi connectivity index (χ0v) is 11.9. The molecule has 0 aliphatic heterocycles. The average molecular weight is 249 g/mol. The fraction of sp³-hybridized carbons (Fsp3) is 0.538. The number of imidazole rings is 1. The normalized spacial score (nSPS) is 12.1. The van der Waals surface area contributed by atoms with Crippen LogP contribution in [0.2, 0.25) is 0 Å². The predicted molar refractivity (Wildman–Crippen MR) is 71.6 cm³/mol. The van der Waals surface area contributed by atoms with E-state index < -0.39 is 0 Å². The molecule has 0 atom stereocenters. The lowest BCUT2D eigenvalue weighted by molar-refractivity contribution is 0.569. The van der Waals surface area contributed by atoms with Gasteiger partial charge in [0.1, 0.15) is 5.01 Å². The van der Waals surface area contributed by atoms with Crippen LogP contribution in [-0.2, 0) is 12.0 Å². The highest BCUT2D eigenvalue weighted by atomic mass is 32.1. The average Bonchev–Trinajstić information content (AvgIpc) is 2.80. The maximum Gasteiger partial charge on any atom is 0.113 e. The Morgan fingerprint density at radius 1 is 1.29 bits per heavy atom. The van der Waals surface area contributed by atoms with Crippen molar-refractivity contribution in [3.63, 3.8) is 0 Å². The van der Waals surface area contributed by atoms with Crippen molar-refractivity contribution in [1.29, 1.82) is 0 Å². The van der Waals surface area contributed by atoms with Gasteiger partial charge in [-0.3, -0.25) is 0 Å². The zero-order chi connectivity index (χ0) is 12.6. The molecule has 0 bridgehead atoms. The third kappa shape index (κ3) is 2.57. The third-order valence-electron chi connectivity index (χ3n) is 2.97. The highest BCUT2D eigenvalue weighted by Gasteiger charge is 2.17. The van der Waals surface area contributed by atoms with Crippen molar-refractivity contribution in [2.45, 2.75) is 46.6 Å². The molecule has 2 rings (SSSR count). The van der Waals surface area contributed by atoms with E-state index in [2.05, 4.69) is 42.6 Å². The highest BCUT2D eigenvalue weighted by molar-refractivity contribution is 7.09. The molecule has 0 radical (unpaired) electrons. The van der Waals surface area contributed by atoms with Crippen LogP contribution in [0.4, 0.5) is 0 Å². The Kier molecular flexibility index (Phi) is 3.08. The van der Waals surface area contributed by atoms with Crippen LogP contribution in [0.1, 0.15) is 42.9 Å². The quantitative estimate of drug-likeness (QED) is 0.817. The molecule has 0 saturated heterocycles. The third-order valence-corrected chi connectivity index (χ3v) is 3.80. The topological polar surface area (TPSA) is 30.7 Å². The fourth-order valence-electron chi connectivity index (χ4n) is 1.58. The van der Waals surface area contributed by atoms with Crippen LogP contribution < -0.4 is 0 Å². The van der Waals surface area contributed by atoms with Gasteiger partial charge in [0.05, 0.1) is 24.3 Å². The molecule has 4 heteroatoms. The fourth-order valence-corrected chi connectivity index (χ4v) is 2.60. The second-order valence-corrected chi connectivity index (χ2v) is 6.36. The van der Waals surface area contributed by atoms with Crippen molar-refractivity contribution in [3.8, 4) is 0 Å². The molecule has 2 aromatic rings. The highest BCUT2D eigenvalue weighted by Crippen LogP contribution is 2.24. The van der Waals surface area contributed by atoms with Crippen molar-refractivity contribution in [2.24, 2.45) is 0 Å². The largest absolute Gasteiger partial charge is 0.328 e. The van der Waals surface area contributed by atoms with Gasteiger partial charge in [-0.05, 0) is 13.8 Å². The number of hydrogen-bond acceptors (Lipinski definition) is 3. The van der Waals surface area contributed by atoms with E-state index in [4.69, 9.17) is 4.98 Å². The van der Waals surface area contributed by atoms with Crippen molar-refractivity contribution < 1.29 is 0 Å². The Balaban J connectivity index is 2.20. The summed E-state index contributed by atoms with van der Waals surface area (Å²) in [5.41, 5.74) is 3.62. The van der Waals surface area contributed by atoms with Crippen LogP contribution in [0.5, 0.6) is 0 Å². The molecule has 2 aromatic heterocycles. The molecular formula is C13H19N3S. The van der Waals surface area contributed by atoms with Gasteiger partial charge in [-0.2, -0.15) is 0 Å². The lowest BCUT2D eigenvalue weighted by atomic mass is 9.93. The molecule has 0 aromatic carbocycles. The van der Waals surface area contributed by atoms with Gasteiger partial charge in [-0.15, -0.1) is 11.3 Å². The van der Waals surface area contributed by atoms with Gasteiger partial charge in [-0.25, -0.2) is 9.97 Å². The van der Waals surface area contributed by atoms with Gasteiger partial charge >= 0.3 is 0 Å². The first-order chi connectivity index (χ1) is 7.88. The minimum Gasteiger partial charge on any atom is -0.328 e. The van der Waals surface area contributed by atoms with Crippen molar-refractivity contribution >= 4 is 11.3 Å². The van der Waals surface area contributed by atoms with Gasteiger partial charge in [0.15, 0.2) is 0 Å². The molecule has 2 heterocycles. The number of hydrogen-bond donors (Lipinski definition) is 0. The molecular weight excluding hydrogens is 230 g/mol. The molecule has 17 heavy (non-hydrogen) atoms. The summed E-state index contributed by atoms with van der Waals surface area (Å²) in [6.07, 6.45) is 1.89. The SMILES string of the molecule is Cc1ncn(Cc2nc(C(C)(C)C)cs2)c1C. The van der Waals surface area contributed by atoms with E-state index in [0.717, 1.165) is 17.2 Å². The summed E-state index contributed by atoms with van der Waals surface area (Å²) in [6, 6.07) is 0. The van der Waals surface area contributed by atoms with E-state index in [-0.39, 0.29) is 5.41 Å². The maximum absolute atomic E-state index is 4.70. The minimum absolute atomic E-state index is 0.134. The maximum atomic E-state index is 4.70. The Morgan fingerprint density at radius 2 is 2.00 bits per heavy atom. The molecule has 0 amide bonds. The summed E-state index contributed by atoms with van der Waals surface area (Å²) < 4.78 is 2.15. The summed E-state index contributed by atoms with van der Waals surface area (Å²) >= 11 is 1.73. The van der Waals surface area contributed by atoms with Crippen LogP contribution in [0, 0.1) is 13.8 Å². The number of aryl methyl sites for hydroxylation is 1. The van der Waals surface area contributed by atoms with E-state index >= 15 is 0 Å². The van der Waals surface area contributed by atoms with Crippen molar-refractivity contribution in [2.75, 3.05) is 0 Å². The Bertz CT molecular complexity index is 517. The molecule has 92 valence electrons. The molecule has 0 saturated carbocycles. The molecule has 3 nitrogen and oxygen atoms in total. The Hall–Kier alpha value is -1.16. The van der Waals surface area contributed by atoms with E-state index in [1.54, 1.807) is 11.3 Å². The van der Waals surface area contributed by atoms with E-state index in [0.29, 0.717) is 0 Å². The van der Waals surface area contributed by atoms with E-state index in [9.17, 15) is 0 Å². The number of nitrogens with zero attached hydrogens (tertiary/aromatic N) is 3. The molecule has 0 unspecified atom stereocenters. The molecule has 0 N–H and O–H groups in total. The standard InChI is InChI=1S/C13H19N3S/c1-9-10(2)16(8-14-9)6-12-15-11(7-17-12)13(3,4)5/h7-8H,6H2,1-5H3. The lowest BCUT2D eigenvalue weighted by Crippen LogP contribution is -2.12. The summed E-state index contributed by atoms with van der Waals surface area (Å²) in [5, 5.41) is 3.31. The number of rotatable bonds is 2. The predicted octanol–water partition coefficient (Wildman–Crippen LogP) is 3.30. The van der Waals surface area contributed by atoms with Gasteiger partial charge in [-0.1, -0.05) is 20.8 Å². The lowest BCUT2D eigenvalue weighted by Gasteiger charge is -2.14. The Labute approximate surface area is 107 Å². The number of thiazole rings is 1. The smallest absolute Gasteiger partial charge is 0.113 e. The summed E-state index contributed by atoms with van der Waals surface area (Å²) in [6.45, 7) is 11.5. The Morgan fingerprint density at radius 3 is 2.47 bits per heavy atom. The van der Waals surface area contributed by atoms with E-state index in [1.165, 1.54) is 11.4 Å². The monoisotopic (exact) mass is 249 g/mol. The first kappa shape index (κ1) is 12.3. The minimum atomic E-state index is 0.134. The van der Waals surface area contributed by atoms with Crippen LogP contribution >= 0.6 is 11.3 Å². The van der Waals surface area contributed by atoms with Crippen molar-refractivity contribution in [1.82, 2.24) is 14.5 Å². The molecule has 0 aliphatic rings. The second kappa shape index (κ2) is 4.26. The van der Waals surface area contributed by atoms with Gasteiger partial charge < -0.3 is 4.57 Å². The zero-order valence-electron chi connectivity index (χ0n) is 11.1. The van der Waals surface area contributed by atoms with Crippen LogP contribution in [-0.4, -0.2) is 14.5 Å². The second-order valence-electron chi connectivity index (χ2n) is 5.42.